The van der Waals surface area contributed by atoms with Crippen molar-refractivity contribution < 1.29 is 14.3 Å². The standard InChI is InChI=1S/C30H28N2O3/c1-35-30(34)23-14-17-25-26(19-23)32-29(33)27(25)28(22-10-6-3-7-11-22)31-24-15-12-21(13-16-24)18-20-8-4-2-5-9-20/h3,6-7,10-19,31H,2,4-5,8-9H2,1H3,(H,32,33). The third kappa shape index (κ3) is 4.90. The lowest BCUT2D eigenvalue weighted by Gasteiger charge is -2.16. The van der Waals surface area contributed by atoms with E-state index in [1.54, 1.807) is 18.2 Å². The molecule has 2 N–H and O–H groups in total. The van der Waals surface area contributed by atoms with Crippen LogP contribution in [0.5, 0.6) is 0 Å². The van der Waals surface area contributed by atoms with Crippen LogP contribution in [0.2, 0.25) is 0 Å². The summed E-state index contributed by atoms with van der Waals surface area (Å²) in [5.41, 5.74) is 7.50. The van der Waals surface area contributed by atoms with Gasteiger partial charge in [-0.2, -0.15) is 0 Å². The number of hydrogen-bond acceptors (Lipinski definition) is 4. The van der Waals surface area contributed by atoms with Crippen molar-refractivity contribution in [3.05, 3.63) is 101 Å². The van der Waals surface area contributed by atoms with Gasteiger partial charge in [-0.1, -0.05) is 66.6 Å². The van der Waals surface area contributed by atoms with Crippen molar-refractivity contribution in [2.45, 2.75) is 32.1 Å². The van der Waals surface area contributed by atoms with Crippen LogP contribution < -0.4 is 10.6 Å². The van der Waals surface area contributed by atoms with Crippen LogP contribution in [0.1, 0.15) is 59.2 Å². The second-order valence-electron chi connectivity index (χ2n) is 8.93. The fourth-order valence-electron chi connectivity index (χ4n) is 4.74. The van der Waals surface area contributed by atoms with E-state index in [0.29, 0.717) is 22.5 Å². The molecule has 0 atom stereocenters. The largest absolute Gasteiger partial charge is 0.465 e. The predicted octanol–water partition coefficient (Wildman–Crippen LogP) is 6.75. The number of ether oxygens (including phenoxy) is 1. The lowest BCUT2D eigenvalue weighted by Crippen LogP contribution is -2.10. The SMILES string of the molecule is COC(=O)c1ccc2c(c1)NC(=O)C2=C(Nc1ccc(C=C2CCCCC2)cc1)c1ccccc1. The van der Waals surface area contributed by atoms with E-state index in [0.717, 1.165) is 16.8 Å². The summed E-state index contributed by atoms with van der Waals surface area (Å²) in [6.07, 6.45) is 8.58. The third-order valence-corrected chi connectivity index (χ3v) is 6.54. The Morgan fingerprint density at radius 2 is 1.66 bits per heavy atom. The Morgan fingerprint density at radius 1 is 0.914 bits per heavy atom. The summed E-state index contributed by atoms with van der Waals surface area (Å²) < 4.78 is 4.82. The number of carbonyl (C=O) groups excluding carboxylic acids is 2. The summed E-state index contributed by atoms with van der Waals surface area (Å²) in [6, 6.07) is 23.3. The molecule has 0 radical (unpaired) electrons. The highest BCUT2D eigenvalue weighted by molar-refractivity contribution is 6.37. The van der Waals surface area contributed by atoms with E-state index in [4.69, 9.17) is 4.74 Å². The summed E-state index contributed by atoms with van der Waals surface area (Å²) in [6.45, 7) is 0. The molecule has 0 bridgehead atoms. The van der Waals surface area contributed by atoms with Gasteiger partial charge in [0.1, 0.15) is 0 Å². The van der Waals surface area contributed by atoms with Gasteiger partial charge in [0.25, 0.3) is 5.91 Å². The van der Waals surface area contributed by atoms with Crippen molar-refractivity contribution >= 4 is 40.6 Å². The molecule has 3 aromatic carbocycles. The molecule has 0 unspecified atom stereocenters. The van der Waals surface area contributed by atoms with Crippen molar-refractivity contribution in [1.29, 1.82) is 0 Å². The predicted molar refractivity (Wildman–Crippen MR) is 141 cm³/mol. The molecule has 0 spiro atoms. The first kappa shape index (κ1) is 22.7. The van der Waals surface area contributed by atoms with Gasteiger partial charge in [0.05, 0.1) is 29.6 Å². The molecule has 3 aromatic rings. The van der Waals surface area contributed by atoms with Crippen LogP contribution in [-0.4, -0.2) is 19.0 Å². The first-order chi connectivity index (χ1) is 17.1. The third-order valence-electron chi connectivity index (χ3n) is 6.54. The molecule has 176 valence electrons. The Bertz CT molecular complexity index is 1310. The highest BCUT2D eigenvalue weighted by Gasteiger charge is 2.29. The number of amides is 1. The average Bonchev–Trinajstić information content (AvgIpc) is 3.23. The average molecular weight is 465 g/mol. The number of hydrogen-bond donors (Lipinski definition) is 2. The molecule has 5 nitrogen and oxygen atoms in total. The van der Waals surface area contributed by atoms with E-state index in [1.165, 1.54) is 50.4 Å². The minimum absolute atomic E-state index is 0.216. The number of benzene rings is 3. The molecular weight excluding hydrogens is 436 g/mol. The van der Waals surface area contributed by atoms with Gasteiger partial charge in [-0.15, -0.1) is 0 Å². The van der Waals surface area contributed by atoms with E-state index in [1.807, 2.05) is 42.5 Å². The molecule has 1 amide bonds. The summed E-state index contributed by atoms with van der Waals surface area (Å²) in [7, 11) is 1.34. The number of methoxy groups -OCH3 is 1. The highest BCUT2D eigenvalue weighted by atomic mass is 16.5. The van der Waals surface area contributed by atoms with E-state index < -0.39 is 5.97 Å². The van der Waals surface area contributed by atoms with Crippen LogP contribution in [0.25, 0.3) is 17.3 Å². The zero-order valence-corrected chi connectivity index (χ0v) is 19.8. The Hall–Kier alpha value is -4.12. The van der Waals surface area contributed by atoms with Crippen LogP contribution in [0, 0.1) is 0 Å². The van der Waals surface area contributed by atoms with Crippen LogP contribution >= 0.6 is 0 Å². The van der Waals surface area contributed by atoms with Gasteiger partial charge in [0.2, 0.25) is 0 Å². The van der Waals surface area contributed by atoms with Crippen LogP contribution in [0.15, 0.2) is 78.4 Å². The van der Waals surface area contributed by atoms with Gasteiger partial charge in [0, 0.05) is 11.3 Å². The molecule has 0 aromatic heterocycles. The maximum Gasteiger partial charge on any atom is 0.337 e. The fraction of sp³-hybridized carbons (Fsp3) is 0.200. The maximum absolute atomic E-state index is 13.1. The normalized spacial score (nSPS) is 16.3. The van der Waals surface area contributed by atoms with Gasteiger partial charge >= 0.3 is 5.97 Å². The maximum atomic E-state index is 13.1. The smallest absolute Gasteiger partial charge is 0.337 e. The van der Waals surface area contributed by atoms with Gasteiger partial charge in [-0.3, -0.25) is 4.79 Å². The minimum Gasteiger partial charge on any atom is -0.465 e. The van der Waals surface area contributed by atoms with Crippen molar-refractivity contribution in [2.75, 3.05) is 17.7 Å². The molecule has 1 aliphatic heterocycles. The molecule has 5 rings (SSSR count). The Balaban J connectivity index is 1.51. The van der Waals surface area contributed by atoms with Crippen LogP contribution in [-0.2, 0) is 9.53 Å². The zero-order chi connectivity index (χ0) is 24.2. The molecular formula is C30H28N2O3. The van der Waals surface area contributed by atoms with Gasteiger partial charge in [0.15, 0.2) is 0 Å². The quantitative estimate of drug-likeness (QED) is 0.324. The van der Waals surface area contributed by atoms with Crippen molar-refractivity contribution in [1.82, 2.24) is 0 Å². The molecule has 0 saturated heterocycles. The molecule has 5 heteroatoms. The van der Waals surface area contributed by atoms with E-state index in [2.05, 4.69) is 28.8 Å². The number of nitrogens with one attached hydrogen (secondary N) is 2. The molecule has 1 saturated carbocycles. The van der Waals surface area contributed by atoms with Gasteiger partial charge in [-0.25, -0.2) is 4.79 Å². The summed E-state index contributed by atoms with van der Waals surface area (Å²) >= 11 is 0. The van der Waals surface area contributed by atoms with Gasteiger partial charge < -0.3 is 15.4 Å². The number of anilines is 2. The molecule has 2 aliphatic rings. The second-order valence-corrected chi connectivity index (χ2v) is 8.93. The Labute approximate surface area is 205 Å². The lowest BCUT2D eigenvalue weighted by atomic mass is 9.93. The first-order valence-electron chi connectivity index (χ1n) is 12.0. The molecule has 1 fully saturated rings. The summed E-state index contributed by atoms with van der Waals surface area (Å²) in [5.74, 6) is -0.656. The minimum atomic E-state index is -0.441. The van der Waals surface area contributed by atoms with E-state index in [9.17, 15) is 9.59 Å². The molecule has 1 heterocycles. The monoisotopic (exact) mass is 464 g/mol. The number of allylic oxidation sites excluding steroid dienone is 1. The van der Waals surface area contributed by atoms with Gasteiger partial charge in [-0.05, 0) is 61.1 Å². The summed E-state index contributed by atoms with van der Waals surface area (Å²) in [5, 5.41) is 6.40. The number of rotatable bonds is 5. The van der Waals surface area contributed by atoms with Crippen LogP contribution in [0.3, 0.4) is 0 Å². The highest BCUT2D eigenvalue weighted by Crippen LogP contribution is 2.38. The zero-order valence-electron chi connectivity index (χ0n) is 19.8. The fourth-order valence-corrected chi connectivity index (χ4v) is 4.74. The van der Waals surface area contributed by atoms with Crippen molar-refractivity contribution in [3.63, 3.8) is 0 Å². The van der Waals surface area contributed by atoms with Crippen molar-refractivity contribution in [2.24, 2.45) is 0 Å². The van der Waals surface area contributed by atoms with Crippen molar-refractivity contribution in [3.8, 4) is 0 Å². The first-order valence-corrected chi connectivity index (χ1v) is 12.0. The number of esters is 1. The lowest BCUT2D eigenvalue weighted by molar-refractivity contribution is -0.110. The Morgan fingerprint density at radius 3 is 2.37 bits per heavy atom. The molecule has 35 heavy (non-hydrogen) atoms. The van der Waals surface area contributed by atoms with Crippen LogP contribution in [0.4, 0.5) is 11.4 Å². The number of carbonyl (C=O) groups is 2. The summed E-state index contributed by atoms with van der Waals surface area (Å²) in [4.78, 5) is 25.1. The van der Waals surface area contributed by atoms with E-state index in [-0.39, 0.29) is 5.91 Å². The second kappa shape index (κ2) is 10.0. The topological polar surface area (TPSA) is 67.4 Å². The number of fused-ring (bicyclic) bond motifs is 1. The molecule has 1 aliphatic carbocycles. The van der Waals surface area contributed by atoms with E-state index >= 15 is 0 Å². The Kier molecular flexibility index (Phi) is 6.49.